The van der Waals surface area contributed by atoms with Crippen LogP contribution in [0.25, 0.3) is 10.9 Å². The molecule has 1 heterocycles. The summed E-state index contributed by atoms with van der Waals surface area (Å²) in [5, 5.41) is 0.635. The molecule has 1 aliphatic carbocycles. The summed E-state index contributed by atoms with van der Waals surface area (Å²) in [4.78, 5) is 30.9. The molecular weight excluding hydrogens is 384 g/mol. The Kier molecular flexibility index (Phi) is 6.00. The summed E-state index contributed by atoms with van der Waals surface area (Å²) < 4.78 is 7.15. The van der Waals surface area contributed by atoms with Crippen LogP contribution in [0.5, 0.6) is 0 Å². The second kappa shape index (κ2) is 8.82. The van der Waals surface area contributed by atoms with Crippen LogP contribution in [0.3, 0.4) is 0 Å². The van der Waals surface area contributed by atoms with Crippen molar-refractivity contribution in [2.24, 2.45) is 0 Å². The summed E-state index contributed by atoms with van der Waals surface area (Å²) >= 11 is 1.31. The van der Waals surface area contributed by atoms with Crippen molar-refractivity contribution in [3.63, 3.8) is 0 Å². The molecule has 0 N–H and O–H groups in total. The smallest absolute Gasteiger partial charge is 0.324 e. The second-order valence-corrected chi connectivity index (χ2v) is 8.26. The fourth-order valence-electron chi connectivity index (χ4n) is 3.90. The number of ether oxygens (including phenoxy) is 1. The molecule has 0 radical (unpaired) electrons. The van der Waals surface area contributed by atoms with E-state index in [9.17, 15) is 9.59 Å². The molecule has 1 aromatic heterocycles. The summed E-state index contributed by atoms with van der Waals surface area (Å²) in [6.45, 7) is 2.11. The normalized spacial score (nSPS) is 15.5. The minimum Gasteiger partial charge on any atom is -0.465 e. The van der Waals surface area contributed by atoms with Crippen LogP contribution in [0.1, 0.15) is 49.5 Å². The number of hydrogen-bond donors (Lipinski definition) is 0. The number of carbonyl (C=O) groups is 1. The number of nitrogens with zero attached hydrogens (tertiary/aromatic N) is 2. The van der Waals surface area contributed by atoms with E-state index in [-0.39, 0.29) is 17.6 Å². The summed E-state index contributed by atoms with van der Waals surface area (Å²) in [6.07, 6.45) is 4.13. The third-order valence-electron chi connectivity index (χ3n) is 5.29. The van der Waals surface area contributed by atoms with Gasteiger partial charge in [0.1, 0.15) is 5.25 Å². The van der Waals surface area contributed by atoms with Gasteiger partial charge in [-0.1, -0.05) is 67.1 Å². The van der Waals surface area contributed by atoms with Gasteiger partial charge in [0.2, 0.25) is 0 Å². The molecule has 0 aliphatic heterocycles. The molecule has 29 heavy (non-hydrogen) atoms. The molecule has 1 fully saturated rings. The zero-order valence-corrected chi connectivity index (χ0v) is 17.2. The Labute approximate surface area is 174 Å². The van der Waals surface area contributed by atoms with Crippen molar-refractivity contribution in [2.75, 3.05) is 6.61 Å². The first-order valence-corrected chi connectivity index (χ1v) is 11.0. The fourth-order valence-corrected chi connectivity index (χ4v) is 5.06. The highest BCUT2D eigenvalue weighted by Crippen LogP contribution is 2.38. The van der Waals surface area contributed by atoms with Crippen molar-refractivity contribution in [1.29, 1.82) is 0 Å². The molecule has 0 saturated heterocycles. The number of hydrogen-bond acceptors (Lipinski definition) is 5. The maximum atomic E-state index is 13.3. The molecular formula is C23H24N2O3S. The first kappa shape index (κ1) is 19.7. The SMILES string of the molecule is CCOC(=O)[C@H](Sc1nc2ccccc2c(=O)n1C1CCCC1)c1ccccc1. The van der Waals surface area contributed by atoms with Gasteiger partial charge in [-0.15, -0.1) is 0 Å². The fraction of sp³-hybridized carbons (Fsp3) is 0.348. The van der Waals surface area contributed by atoms with Crippen molar-refractivity contribution >= 4 is 28.6 Å². The van der Waals surface area contributed by atoms with Gasteiger partial charge in [0.25, 0.3) is 5.56 Å². The lowest BCUT2D eigenvalue weighted by molar-refractivity contribution is -0.142. The van der Waals surface area contributed by atoms with Gasteiger partial charge in [0, 0.05) is 6.04 Å². The van der Waals surface area contributed by atoms with Crippen molar-refractivity contribution in [3.05, 3.63) is 70.5 Å². The largest absolute Gasteiger partial charge is 0.465 e. The minimum absolute atomic E-state index is 0.0272. The highest BCUT2D eigenvalue weighted by atomic mass is 32.2. The standard InChI is InChI=1S/C23H24N2O3S/c1-2-28-22(27)20(16-10-4-3-5-11-16)29-23-24-19-15-9-8-14-18(19)21(26)25(23)17-12-6-7-13-17/h3-5,8-11,14-15,17,20H,2,6-7,12-13H2,1H3/t20-/m1/s1. The third kappa shape index (κ3) is 4.08. The van der Waals surface area contributed by atoms with Gasteiger partial charge in [0.05, 0.1) is 17.5 Å². The first-order valence-electron chi connectivity index (χ1n) is 10.1. The van der Waals surface area contributed by atoms with Crippen LogP contribution < -0.4 is 5.56 Å². The van der Waals surface area contributed by atoms with Crippen LogP contribution in [-0.4, -0.2) is 22.1 Å². The Balaban J connectivity index is 1.83. The summed E-state index contributed by atoms with van der Waals surface area (Å²) in [6, 6.07) is 17.1. The lowest BCUT2D eigenvalue weighted by atomic mass is 10.1. The number of aromatic nitrogens is 2. The number of para-hydroxylation sites is 1. The van der Waals surface area contributed by atoms with Crippen LogP contribution in [-0.2, 0) is 9.53 Å². The van der Waals surface area contributed by atoms with Crippen molar-refractivity contribution in [3.8, 4) is 0 Å². The Morgan fingerprint density at radius 1 is 1.14 bits per heavy atom. The minimum atomic E-state index is -0.572. The predicted octanol–water partition coefficient (Wildman–Crippen LogP) is 4.91. The van der Waals surface area contributed by atoms with E-state index in [4.69, 9.17) is 9.72 Å². The molecule has 150 valence electrons. The number of thioether (sulfide) groups is 1. The van der Waals surface area contributed by atoms with Gasteiger partial charge in [0.15, 0.2) is 5.16 Å². The van der Waals surface area contributed by atoms with E-state index in [1.54, 1.807) is 6.92 Å². The lowest BCUT2D eigenvalue weighted by Gasteiger charge is -2.21. The second-order valence-electron chi connectivity index (χ2n) is 7.19. The van der Waals surface area contributed by atoms with E-state index in [0.717, 1.165) is 31.2 Å². The highest BCUT2D eigenvalue weighted by molar-refractivity contribution is 8.00. The average molecular weight is 409 g/mol. The quantitative estimate of drug-likeness (QED) is 0.330. The molecule has 0 spiro atoms. The van der Waals surface area contributed by atoms with Gasteiger partial charge < -0.3 is 4.74 Å². The Morgan fingerprint density at radius 2 is 1.83 bits per heavy atom. The molecule has 2 aromatic carbocycles. The number of benzene rings is 2. The van der Waals surface area contributed by atoms with Crippen LogP contribution in [0.2, 0.25) is 0 Å². The number of fused-ring (bicyclic) bond motifs is 1. The Hall–Kier alpha value is -2.60. The van der Waals surface area contributed by atoms with E-state index in [1.807, 2.05) is 59.2 Å². The molecule has 5 nitrogen and oxygen atoms in total. The molecule has 0 unspecified atom stereocenters. The predicted molar refractivity (Wildman–Crippen MR) is 115 cm³/mol. The van der Waals surface area contributed by atoms with Gasteiger partial charge in [-0.25, -0.2) is 4.98 Å². The number of esters is 1. The summed E-state index contributed by atoms with van der Waals surface area (Å²) in [7, 11) is 0. The summed E-state index contributed by atoms with van der Waals surface area (Å²) in [5.41, 5.74) is 1.47. The third-order valence-corrected chi connectivity index (χ3v) is 6.49. The van der Waals surface area contributed by atoms with Gasteiger partial charge >= 0.3 is 5.97 Å². The number of rotatable bonds is 6. The van der Waals surface area contributed by atoms with E-state index in [0.29, 0.717) is 22.7 Å². The maximum Gasteiger partial charge on any atom is 0.324 e. The zero-order chi connectivity index (χ0) is 20.2. The molecule has 0 bridgehead atoms. The molecule has 0 amide bonds. The van der Waals surface area contributed by atoms with Gasteiger partial charge in [-0.05, 0) is 37.5 Å². The van der Waals surface area contributed by atoms with E-state index < -0.39 is 5.25 Å². The molecule has 6 heteroatoms. The highest BCUT2D eigenvalue weighted by Gasteiger charge is 2.29. The van der Waals surface area contributed by atoms with Crippen molar-refractivity contribution in [1.82, 2.24) is 9.55 Å². The van der Waals surface area contributed by atoms with Gasteiger partial charge in [-0.2, -0.15) is 0 Å². The molecule has 1 aliphatic rings. The van der Waals surface area contributed by atoms with E-state index in [1.165, 1.54) is 11.8 Å². The molecule has 3 aromatic rings. The van der Waals surface area contributed by atoms with Gasteiger partial charge in [-0.3, -0.25) is 14.2 Å². The lowest BCUT2D eigenvalue weighted by Crippen LogP contribution is -2.27. The monoisotopic (exact) mass is 408 g/mol. The van der Waals surface area contributed by atoms with Crippen LogP contribution in [0.15, 0.2) is 64.5 Å². The topological polar surface area (TPSA) is 61.2 Å². The van der Waals surface area contributed by atoms with Crippen molar-refractivity contribution in [2.45, 2.75) is 49.1 Å². The van der Waals surface area contributed by atoms with E-state index >= 15 is 0 Å². The maximum absolute atomic E-state index is 13.3. The van der Waals surface area contributed by atoms with Crippen LogP contribution in [0, 0.1) is 0 Å². The Bertz CT molecular complexity index is 1060. The van der Waals surface area contributed by atoms with Crippen molar-refractivity contribution < 1.29 is 9.53 Å². The van der Waals surface area contributed by atoms with Crippen LogP contribution in [0.4, 0.5) is 0 Å². The Morgan fingerprint density at radius 3 is 2.55 bits per heavy atom. The number of carbonyl (C=O) groups excluding carboxylic acids is 1. The van der Waals surface area contributed by atoms with E-state index in [2.05, 4.69) is 0 Å². The molecule has 1 atom stereocenters. The summed E-state index contributed by atoms with van der Waals surface area (Å²) in [5.74, 6) is -0.316. The first-order chi connectivity index (χ1) is 14.2. The molecule has 4 rings (SSSR count). The average Bonchev–Trinajstić information content (AvgIpc) is 3.27. The zero-order valence-electron chi connectivity index (χ0n) is 16.4. The van der Waals surface area contributed by atoms with Crippen LogP contribution >= 0.6 is 11.8 Å². The molecule has 1 saturated carbocycles.